The summed E-state index contributed by atoms with van der Waals surface area (Å²) >= 11 is 0. The van der Waals surface area contributed by atoms with Gasteiger partial charge in [0.2, 0.25) is 0 Å². The highest BCUT2D eigenvalue weighted by atomic mass is 19.4. The number of hydrogen-bond acceptors (Lipinski definition) is 2. The normalized spacial score (nSPS) is 11.4. The Balaban J connectivity index is 2.58. The van der Waals surface area contributed by atoms with Gasteiger partial charge in [-0.2, -0.15) is 0 Å². The molecule has 0 bridgehead atoms. The van der Waals surface area contributed by atoms with Crippen molar-refractivity contribution >= 4 is 6.29 Å². The Kier molecular flexibility index (Phi) is 4.11. The summed E-state index contributed by atoms with van der Waals surface area (Å²) in [6.07, 6.45) is -4.81. The van der Waals surface area contributed by atoms with E-state index in [2.05, 4.69) is 4.74 Å². The van der Waals surface area contributed by atoms with Gasteiger partial charge < -0.3 is 4.74 Å². The molecule has 0 N–H and O–H groups in total. The lowest BCUT2D eigenvalue weighted by Gasteiger charge is -2.12. The summed E-state index contributed by atoms with van der Waals surface area (Å²) in [5.41, 5.74) is -1.02. The van der Waals surface area contributed by atoms with Crippen molar-refractivity contribution in [3.05, 3.63) is 53.3 Å². The highest BCUT2D eigenvalue weighted by Gasteiger charge is 2.31. The SMILES string of the molecule is O=Cc1cc(OC(F)(F)F)cc(-c2cc(F)c(F)cc2F)c1. The molecule has 0 aliphatic rings. The molecule has 0 aliphatic heterocycles. The molecule has 0 aromatic heterocycles. The lowest BCUT2D eigenvalue weighted by Crippen LogP contribution is -2.17. The molecule has 0 saturated heterocycles. The summed E-state index contributed by atoms with van der Waals surface area (Å²) in [6, 6.07) is 3.29. The third kappa shape index (κ3) is 3.57. The molecule has 2 aromatic carbocycles. The van der Waals surface area contributed by atoms with Crippen molar-refractivity contribution in [1.29, 1.82) is 0 Å². The van der Waals surface area contributed by atoms with Gasteiger partial charge in [-0.3, -0.25) is 4.79 Å². The van der Waals surface area contributed by atoms with Crippen molar-refractivity contribution in [3.63, 3.8) is 0 Å². The van der Waals surface area contributed by atoms with Crippen LogP contribution >= 0.6 is 0 Å². The first-order chi connectivity index (χ1) is 10.2. The standard InChI is InChI=1S/C14H6F6O2/c15-11-5-13(17)12(16)4-10(11)8-1-7(6-21)2-9(3-8)22-14(18,19)20/h1-6H. The minimum Gasteiger partial charge on any atom is -0.406 e. The number of rotatable bonds is 3. The van der Waals surface area contributed by atoms with E-state index in [1.54, 1.807) is 0 Å². The predicted molar refractivity (Wildman–Crippen MR) is 63.8 cm³/mol. The molecule has 8 heteroatoms. The van der Waals surface area contributed by atoms with Crippen molar-refractivity contribution in [1.82, 2.24) is 0 Å². The number of hydrogen-bond donors (Lipinski definition) is 0. The lowest BCUT2D eigenvalue weighted by atomic mass is 10.0. The van der Waals surface area contributed by atoms with Gasteiger partial charge >= 0.3 is 6.36 Å². The van der Waals surface area contributed by atoms with E-state index < -0.39 is 35.1 Å². The molecule has 0 spiro atoms. The van der Waals surface area contributed by atoms with Crippen LogP contribution in [-0.2, 0) is 0 Å². The van der Waals surface area contributed by atoms with Gasteiger partial charge in [-0.1, -0.05) is 0 Å². The van der Waals surface area contributed by atoms with Gasteiger partial charge in [-0.25, -0.2) is 13.2 Å². The van der Waals surface area contributed by atoms with Gasteiger partial charge in [-0.05, 0) is 29.8 Å². The Bertz CT molecular complexity index is 724. The Labute approximate surface area is 119 Å². The van der Waals surface area contributed by atoms with Crippen LogP contribution in [0.25, 0.3) is 11.1 Å². The average molecular weight is 320 g/mol. The monoisotopic (exact) mass is 320 g/mol. The Morgan fingerprint density at radius 2 is 1.50 bits per heavy atom. The minimum atomic E-state index is -5.02. The largest absolute Gasteiger partial charge is 0.573 e. The maximum absolute atomic E-state index is 13.7. The van der Waals surface area contributed by atoms with E-state index in [1.165, 1.54) is 0 Å². The molecule has 2 rings (SSSR count). The molecule has 2 nitrogen and oxygen atoms in total. The van der Waals surface area contributed by atoms with E-state index in [9.17, 15) is 31.1 Å². The topological polar surface area (TPSA) is 26.3 Å². The van der Waals surface area contributed by atoms with Gasteiger partial charge in [0.05, 0.1) is 0 Å². The summed E-state index contributed by atoms with van der Waals surface area (Å²) in [5, 5.41) is 0. The van der Waals surface area contributed by atoms with Gasteiger partial charge in [0.1, 0.15) is 17.9 Å². The molecular weight excluding hydrogens is 314 g/mol. The number of carbonyl (C=O) groups is 1. The van der Waals surface area contributed by atoms with Crippen molar-refractivity contribution in [2.24, 2.45) is 0 Å². The number of benzene rings is 2. The van der Waals surface area contributed by atoms with E-state index in [0.29, 0.717) is 6.07 Å². The van der Waals surface area contributed by atoms with E-state index in [-0.39, 0.29) is 23.5 Å². The van der Waals surface area contributed by atoms with Crippen molar-refractivity contribution in [3.8, 4) is 16.9 Å². The fourth-order valence-electron chi connectivity index (χ4n) is 1.78. The summed E-state index contributed by atoms with van der Waals surface area (Å²) < 4.78 is 80.0. The number of alkyl halides is 3. The fraction of sp³-hybridized carbons (Fsp3) is 0.0714. The second-order valence-corrected chi connectivity index (χ2v) is 4.20. The van der Waals surface area contributed by atoms with Crippen molar-refractivity contribution in [2.75, 3.05) is 0 Å². The molecule has 0 fully saturated rings. The van der Waals surface area contributed by atoms with Crippen LogP contribution < -0.4 is 4.74 Å². The summed E-state index contributed by atoms with van der Waals surface area (Å²) in [7, 11) is 0. The lowest BCUT2D eigenvalue weighted by molar-refractivity contribution is -0.274. The molecule has 0 radical (unpaired) electrons. The van der Waals surface area contributed by atoms with E-state index >= 15 is 0 Å². The summed E-state index contributed by atoms with van der Waals surface area (Å²) in [4.78, 5) is 10.7. The fourth-order valence-corrected chi connectivity index (χ4v) is 1.78. The molecule has 0 atom stereocenters. The first-order valence-electron chi connectivity index (χ1n) is 5.70. The minimum absolute atomic E-state index is 0.213. The summed E-state index contributed by atoms with van der Waals surface area (Å²) in [5.74, 6) is -4.80. The van der Waals surface area contributed by atoms with Crippen LogP contribution in [0.15, 0.2) is 30.3 Å². The zero-order chi connectivity index (χ0) is 16.5. The highest BCUT2D eigenvalue weighted by molar-refractivity contribution is 5.80. The first kappa shape index (κ1) is 15.9. The van der Waals surface area contributed by atoms with Crippen molar-refractivity contribution in [2.45, 2.75) is 6.36 Å². The number of carbonyl (C=O) groups excluding carboxylic acids is 1. The Morgan fingerprint density at radius 1 is 0.864 bits per heavy atom. The zero-order valence-corrected chi connectivity index (χ0v) is 10.5. The van der Waals surface area contributed by atoms with Crippen LogP contribution in [0.4, 0.5) is 26.3 Å². The van der Waals surface area contributed by atoms with Gasteiger partial charge in [0, 0.05) is 17.2 Å². The predicted octanol–water partition coefficient (Wildman–Crippen LogP) is 4.48. The maximum Gasteiger partial charge on any atom is 0.573 e. The molecule has 116 valence electrons. The maximum atomic E-state index is 13.7. The molecule has 22 heavy (non-hydrogen) atoms. The number of halogens is 6. The quantitative estimate of drug-likeness (QED) is 0.473. The third-order valence-electron chi connectivity index (χ3n) is 2.62. The number of aldehydes is 1. The Hall–Kier alpha value is -2.51. The molecule has 0 unspecified atom stereocenters. The smallest absolute Gasteiger partial charge is 0.406 e. The molecular formula is C14H6F6O2. The summed E-state index contributed by atoms with van der Waals surface area (Å²) in [6.45, 7) is 0. The van der Waals surface area contributed by atoms with Crippen LogP contribution in [0.1, 0.15) is 10.4 Å². The number of ether oxygens (including phenoxy) is 1. The van der Waals surface area contributed by atoms with Crippen LogP contribution in [-0.4, -0.2) is 12.6 Å². The van der Waals surface area contributed by atoms with Crippen LogP contribution in [0, 0.1) is 17.5 Å². The molecule has 0 aliphatic carbocycles. The second-order valence-electron chi connectivity index (χ2n) is 4.20. The van der Waals surface area contributed by atoms with Crippen LogP contribution in [0.2, 0.25) is 0 Å². The van der Waals surface area contributed by atoms with E-state index in [0.717, 1.165) is 18.2 Å². The average Bonchev–Trinajstić information content (AvgIpc) is 2.40. The van der Waals surface area contributed by atoms with E-state index in [4.69, 9.17) is 0 Å². The van der Waals surface area contributed by atoms with Crippen molar-refractivity contribution < 1.29 is 35.9 Å². The zero-order valence-electron chi connectivity index (χ0n) is 10.5. The first-order valence-corrected chi connectivity index (χ1v) is 5.70. The van der Waals surface area contributed by atoms with Crippen LogP contribution in [0.5, 0.6) is 5.75 Å². The Morgan fingerprint density at radius 3 is 2.09 bits per heavy atom. The van der Waals surface area contributed by atoms with Gasteiger partial charge in [-0.15, -0.1) is 13.2 Å². The van der Waals surface area contributed by atoms with Gasteiger partial charge in [0.25, 0.3) is 0 Å². The second kappa shape index (κ2) is 5.70. The third-order valence-corrected chi connectivity index (χ3v) is 2.62. The molecule has 0 amide bonds. The molecule has 0 saturated carbocycles. The van der Waals surface area contributed by atoms with Gasteiger partial charge in [0.15, 0.2) is 11.6 Å². The van der Waals surface area contributed by atoms with E-state index in [1.807, 2.05) is 0 Å². The highest BCUT2D eigenvalue weighted by Crippen LogP contribution is 2.31. The molecule has 2 aromatic rings. The van der Waals surface area contributed by atoms with Crippen LogP contribution in [0.3, 0.4) is 0 Å². The molecule has 0 heterocycles.